The number of nitrogens with two attached hydrogens (primary N) is 1. The molecule has 0 saturated carbocycles. The lowest BCUT2D eigenvalue weighted by Crippen LogP contribution is -2.26. The van der Waals surface area contributed by atoms with Crippen molar-refractivity contribution in [3.05, 3.63) is 16.6 Å². The molecule has 1 aromatic heterocycles. The molecule has 0 radical (unpaired) electrons. The molecule has 0 bridgehead atoms. The predicted octanol–water partition coefficient (Wildman–Crippen LogP) is 1.88. The molecule has 2 N–H and O–H groups in total. The molecule has 4 heteroatoms. The predicted molar refractivity (Wildman–Crippen MR) is 62.8 cm³/mol. The van der Waals surface area contributed by atoms with Crippen molar-refractivity contribution in [1.82, 2.24) is 4.98 Å². The van der Waals surface area contributed by atoms with Crippen molar-refractivity contribution in [2.24, 2.45) is 17.6 Å². The van der Waals surface area contributed by atoms with Crippen LogP contribution in [0.2, 0.25) is 0 Å². The maximum absolute atomic E-state index is 11.9. The highest BCUT2D eigenvalue weighted by Crippen LogP contribution is 2.15. The zero-order valence-electron chi connectivity index (χ0n) is 9.27. The van der Waals surface area contributed by atoms with E-state index in [1.165, 1.54) is 11.3 Å². The molecule has 1 aromatic rings. The number of hydrogen-bond acceptors (Lipinski definition) is 4. The topological polar surface area (TPSA) is 56.0 Å². The van der Waals surface area contributed by atoms with Crippen LogP contribution in [0.15, 0.2) is 11.7 Å². The third-order valence-corrected chi connectivity index (χ3v) is 3.11. The van der Waals surface area contributed by atoms with Crippen molar-refractivity contribution >= 4 is 17.1 Å². The Labute approximate surface area is 94.7 Å². The van der Waals surface area contributed by atoms with E-state index in [9.17, 15) is 4.79 Å². The third-order valence-electron chi connectivity index (χ3n) is 2.33. The Balaban J connectivity index is 2.50. The van der Waals surface area contributed by atoms with Crippen molar-refractivity contribution in [1.29, 1.82) is 0 Å². The van der Waals surface area contributed by atoms with Crippen molar-refractivity contribution in [3.8, 4) is 0 Å². The Morgan fingerprint density at radius 2 is 2.33 bits per heavy atom. The first kappa shape index (κ1) is 12.3. The summed E-state index contributed by atoms with van der Waals surface area (Å²) < 4.78 is 0. The summed E-state index contributed by atoms with van der Waals surface area (Å²) in [5.41, 5.74) is 7.37. The van der Waals surface area contributed by atoms with Crippen LogP contribution in [0.4, 0.5) is 0 Å². The summed E-state index contributed by atoms with van der Waals surface area (Å²) in [4.78, 5) is 16.9. The third kappa shape index (κ3) is 4.10. The van der Waals surface area contributed by atoms with Crippen molar-refractivity contribution in [2.75, 3.05) is 6.54 Å². The first-order chi connectivity index (χ1) is 7.13. The van der Waals surface area contributed by atoms with Crippen molar-refractivity contribution in [3.63, 3.8) is 0 Å². The Hall–Kier alpha value is -0.740. The number of hydrogen-bond donors (Lipinski definition) is 1. The highest BCUT2D eigenvalue weighted by atomic mass is 32.1. The fourth-order valence-corrected chi connectivity index (χ4v) is 2.18. The lowest BCUT2D eigenvalue weighted by molar-refractivity contribution is -0.122. The lowest BCUT2D eigenvalue weighted by Gasteiger charge is -2.15. The van der Waals surface area contributed by atoms with Gasteiger partial charge >= 0.3 is 0 Å². The van der Waals surface area contributed by atoms with Gasteiger partial charge in [-0.25, -0.2) is 0 Å². The summed E-state index contributed by atoms with van der Waals surface area (Å²) in [7, 11) is 0. The number of thiazole rings is 1. The molecule has 0 aliphatic heterocycles. The summed E-state index contributed by atoms with van der Waals surface area (Å²) in [5, 5.41) is 0. The SMILES string of the molecule is CC(C)CC(CN)C(=O)Cc1cncs1. The minimum Gasteiger partial charge on any atom is -0.330 e. The Bertz CT molecular complexity index is 296. The van der Waals surface area contributed by atoms with Crippen molar-refractivity contribution in [2.45, 2.75) is 26.7 Å². The number of nitrogens with zero attached hydrogens (tertiary/aromatic N) is 1. The van der Waals surface area contributed by atoms with Gasteiger partial charge in [0, 0.05) is 30.0 Å². The first-order valence-corrected chi connectivity index (χ1v) is 6.11. The van der Waals surface area contributed by atoms with Crippen LogP contribution >= 0.6 is 11.3 Å². The first-order valence-electron chi connectivity index (χ1n) is 5.23. The van der Waals surface area contributed by atoms with Gasteiger partial charge in [-0.15, -0.1) is 11.3 Å². The van der Waals surface area contributed by atoms with Gasteiger partial charge in [0.1, 0.15) is 5.78 Å². The number of Topliss-reactive ketones (excluding diaryl/α,β-unsaturated/α-hetero) is 1. The zero-order valence-corrected chi connectivity index (χ0v) is 10.1. The van der Waals surface area contributed by atoms with Crippen LogP contribution in [0.25, 0.3) is 0 Å². The maximum Gasteiger partial charge on any atom is 0.142 e. The number of carbonyl (C=O) groups excluding carboxylic acids is 1. The van der Waals surface area contributed by atoms with E-state index in [1.54, 1.807) is 11.7 Å². The number of carbonyl (C=O) groups is 1. The molecule has 15 heavy (non-hydrogen) atoms. The maximum atomic E-state index is 11.9. The average molecular weight is 226 g/mol. The lowest BCUT2D eigenvalue weighted by atomic mass is 9.92. The van der Waals surface area contributed by atoms with E-state index in [-0.39, 0.29) is 11.7 Å². The summed E-state index contributed by atoms with van der Waals surface area (Å²) in [6, 6.07) is 0. The number of aromatic nitrogens is 1. The molecule has 1 atom stereocenters. The molecule has 0 saturated heterocycles. The summed E-state index contributed by atoms with van der Waals surface area (Å²) >= 11 is 1.53. The molecule has 0 spiro atoms. The Morgan fingerprint density at radius 3 is 2.80 bits per heavy atom. The monoisotopic (exact) mass is 226 g/mol. The minimum atomic E-state index is 0.00657. The van der Waals surface area contributed by atoms with Gasteiger partial charge in [-0.3, -0.25) is 9.78 Å². The van der Waals surface area contributed by atoms with Crippen LogP contribution < -0.4 is 5.73 Å². The fourth-order valence-electron chi connectivity index (χ4n) is 1.57. The van der Waals surface area contributed by atoms with Crippen molar-refractivity contribution < 1.29 is 4.79 Å². The van der Waals surface area contributed by atoms with Crippen LogP contribution in [0, 0.1) is 11.8 Å². The highest BCUT2D eigenvalue weighted by molar-refractivity contribution is 7.09. The van der Waals surface area contributed by atoms with E-state index in [4.69, 9.17) is 5.73 Å². The zero-order chi connectivity index (χ0) is 11.3. The summed E-state index contributed by atoms with van der Waals surface area (Å²) in [5.74, 6) is 0.770. The Morgan fingerprint density at radius 1 is 1.60 bits per heavy atom. The second-order valence-corrected chi connectivity index (χ2v) is 5.14. The molecule has 1 heterocycles. The summed E-state index contributed by atoms with van der Waals surface area (Å²) in [6.07, 6.45) is 3.12. The van der Waals surface area contributed by atoms with Crippen LogP contribution in [0.5, 0.6) is 0 Å². The molecule has 0 aliphatic carbocycles. The van der Waals surface area contributed by atoms with E-state index in [0.717, 1.165) is 11.3 Å². The average Bonchev–Trinajstić information content (AvgIpc) is 2.66. The van der Waals surface area contributed by atoms with E-state index in [0.29, 0.717) is 18.9 Å². The van der Waals surface area contributed by atoms with Gasteiger partial charge in [-0.05, 0) is 12.3 Å². The second kappa shape index (κ2) is 5.98. The van der Waals surface area contributed by atoms with Crippen LogP contribution in [0.1, 0.15) is 25.1 Å². The molecule has 1 rings (SSSR count). The molecule has 1 unspecified atom stereocenters. The highest BCUT2D eigenvalue weighted by Gasteiger charge is 2.18. The smallest absolute Gasteiger partial charge is 0.142 e. The molecule has 0 aromatic carbocycles. The van der Waals surface area contributed by atoms with Crippen LogP contribution in [-0.4, -0.2) is 17.3 Å². The van der Waals surface area contributed by atoms with Gasteiger partial charge in [0.2, 0.25) is 0 Å². The van der Waals surface area contributed by atoms with Gasteiger partial charge < -0.3 is 5.73 Å². The van der Waals surface area contributed by atoms with E-state index < -0.39 is 0 Å². The van der Waals surface area contributed by atoms with Crippen LogP contribution in [0.3, 0.4) is 0 Å². The van der Waals surface area contributed by atoms with Gasteiger partial charge in [0.25, 0.3) is 0 Å². The summed E-state index contributed by atoms with van der Waals surface area (Å²) in [6.45, 7) is 4.68. The fraction of sp³-hybridized carbons (Fsp3) is 0.636. The molecule has 0 aliphatic rings. The number of ketones is 1. The van der Waals surface area contributed by atoms with E-state index in [1.807, 2.05) is 0 Å². The van der Waals surface area contributed by atoms with Gasteiger partial charge in [-0.2, -0.15) is 0 Å². The molecule has 0 fully saturated rings. The van der Waals surface area contributed by atoms with Gasteiger partial charge in [0.05, 0.1) is 5.51 Å². The Kier molecular flexibility index (Phi) is 4.91. The normalized spacial score (nSPS) is 13.1. The van der Waals surface area contributed by atoms with Crippen LogP contribution in [-0.2, 0) is 11.2 Å². The molecule has 0 amide bonds. The van der Waals surface area contributed by atoms with E-state index in [2.05, 4.69) is 18.8 Å². The molecule has 3 nitrogen and oxygen atoms in total. The van der Waals surface area contributed by atoms with Gasteiger partial charge in [0.15, 0.2) is 0 Å². The standard InChI is InChI=1S/C11H18N2OS/c1-8(2)3-9(5-12)11(14)4-10-6-13-7-15-10/h6-9H,3-5,12H2,1-2H3. The second-order valence-electron chi connectivity index (χ2n) is 4.17. The molecular formula is C11H18N2OS. The quantitative estimate of drug-likeness (QED) is 0.805. The number of rotatable bonds is 6. The van der Waals surface area contributed by atoms with E-state index >= 15 is 0 Å². The largest absolute Gasteiger partial charge is 0.330 e. The molecular weight excluding hydrogens is 208 g/mol. The molecule has 84 valence electrons. The minimum absolute atomic E-state index is 0.00657. The van der Waals surface area contributed by atoms with Gasteiger partial charge in [-0.1, -0.05) is 13.8 Å².